The van der Waals surface area contributed by atoms with Gasteiger partial charge in [-0.15, -0.1) is 0 Å². The molecule has 1 heterocycles. The number of hydrogen-bond donors (Lipinski definition) is 2. The van der Waals surface area contributed by atoms with Gasteiger partial charge in [0.2, 0.25) is 0 Å². The third kappa shape index (κ3) is 6.90. The third-order valence-corrected chi connectivity index (χ3v) is 4.41. The number of nitrogens with one attached hydrogen (secondary N) is 1. The maximum Gasteiger partial charge on any atom is 0.490 e. The zero-order valence-corrected chi connectivity index (χ0v) is 15.8. The zero-order chi connectivity index (χ0) is 21.4. The molecule has 1 aliphatic rings. The fraction of sp³-hybridized carbons (Fsp3) is 0.333. The SMILES string of the molecule is Cc1cccc(C(=O)O[C@H]2CNCC[C@@H]2c2ccccc2)c1.O=C(O)C(F)(F)F. The van der Waals surface area contributed by atoms with Crippen LogP contribution in [0.2, 0.25) is 0 Å². The number of carbonyl (C=O) groups excluding carboxylic acids is 1. The number of benzene rings is 2. The van der Waals surface area contributed by atoms with Crippen molar-refractivity contribution >= 4 is 11.9 Å². The van der Waals surface area contributed by atoms with E-state index in [0.29, 0.717) is 12.1 Å². The van der Waals surface area contributed by atoms with Crippen molar-refractivity contribution in [3.8, 4) is 0 Å². The van der Waals surface area contributed by atoms with Crippen LogP contribution in [0.1, 0.15) is 33.8 Å². The molecule has 156 valence electrons. The summed E-state index contributed by atoms with van der Waals surface area (Å²) in [6.07, 6.45) is -4.22. The van der Waals surface area contributed by atoms with Crippen LogP contribution < -0.4 is 5.32 Å². The molecule has 2 N–H and O–H groups in total. The van der Waals surface area contributed by atoms with Crippen LogP contribution in [0.25, 0.3) is 0 Å². The predicted molar refractivity (Wildman–Crippen MR) is 101 cm³/mol. The number of ether oxygens (including phenoxy) is 1. The van der Waals surface area contributed by atoms with Crippen LogP contribution in [0.4, 0.5) is 13.2 Å². The van der Waals surface area contributed by atoms with E-state index in [1.54, 1.807) is 0 Å². The summed E-state index contributed by atoms with van der Waals surface area (Å²) < 4.78 is 37.5. The fourth-order valence-electron chi connectivity index (χ4n) is 3.01. The van der Waals surface area contributed by atoms with E-state index in [1.165, 1.54) is 5.56 Å². The first kappa shape index (κ1) is 22.4. The fourth-order valence-corrected chi connectivity index (χ4v) is 3.01. The Morgan fingerprint density at radius 3 is 2.34 bits per heavy atom. The summed E-state index contributed by atoms with van der Waals surface area (Å²) in [4.78, 5) is 21.3. The Balaban J connectivity index is 0.000000370. The lowest BCUT2D eigenvalue weighted by Gasteiger charge is -2.32. The molecule has 2 aromatic carbocycles. The molecule has 3 rings (SSSR count). The van der Waals surface area contributed by atoms with Gasteiger partial charge in [0.25, 0.3) is 0 Å². The Morgan fingerprint density at radius 1 is 1.10 bits per heavy atom. The topological polar surface area (TPSA) is 75.6 Å². The summed E-state index contributed by atoms with van der Waals surface area (Å²) in [5, 5.41) is 10.5. The lowest BCUT2D eigenvalue weighted by Crippen LogP contribution is -2.42. The van der Waals surface area contributed by atoms with Gasteiger partial charge >= 0.3 is 18.1 Å². The molecule has 1 saturated heterocycles. The largest absolute Gasteiger partial charge is 0.490 e. The summed E-state index contributed by atoms with van der Waals surface area (Å²) >= 11 is 0. The Bertz CT molecular complexity index is 824. The quantitative estimate of drug-likeness (QED) is 0.752. The highest BCUT2D eigenvalue weighted by atomic mass is 19.4. The number of carbonyl (C=O) groups is 2. The van der Waals surface area contributed by atoms with Crippen LogP contribution >= 0.6 is 0 Å². The summed E-state index contributed by atoms with van der Waals surface area (Å²) in [5.74, 6) is -2.73. The van der Waals surface area contributed by atoms with Gasteiger partial charge in [0, 0.05) is 12.5 Å². The van der Waals surface area contributed by atoms with E-state index in [-0.39, 0.29) is 18.0 Å². The van der Waals surface area contributed by atoms with Crippen molar-refractivity contribution in [2.24, 2.45) is 0 Å². The van der Waals surface area contributed by atoms with Crippen LogP contribution in [0.3, 0.4) is 0 Å². The monoisotopic (exact) mass is 409 g/mol. The van der Waals surface area contributed by atoms with Crippen molar-refractivity contribution in [1.29, 1.82) is 0 Å². The van der Waals surface area contributed by atoms with E-state index < -0.39 is 12.1 Å². The number of aliphatic carboxylic acids is 1. The first-order valence-corrected chi connectivity index (χ1v) is 9.02. The molecule has 0 amide bonds. The molecule has 0 unspecified atom stereocenters. The Labute approximate surface area is 166 Å². The third-order valence-electron chi connectivity index (χ3n) is 4.41. The second-order valence-corrected chi connectivity index (χ2v) is 6.63. The van der Waals surface area contributed by atoms with Gasteiger partial charge in [-0.05, 0) is 37.6 Å². The Kier molecular flexibility index (Phi) is 7.78. The zero-order valence-electron chi connectivity index (χ0n) is 15.8. The molecule has 0 spiro atoms. The maximum atomic E-state index is 12.4. The summed E-state index contributed by atoms with van der Waals surface area (Å²) in [7, 11) is 0. The van der Waals surface area contributed by atoms with Crippen molar-refractivity contribution in [2.45, 2.75) is 31.5 Å². The van der Waals surface area contributed by atoms with E-state index in [0.717, 1.165) is 18.5 Å². The minimum absolute atomic E-state index is 0.121. The van der Waals surface area contributed by atoms with Crippen molar-refractivity contribution in [3.05, 3.63) is 71.3 Å². The van der Waals surface area contributed by atoms with Crippen molar-refractivity contribution in [3.63, 3.8) is 0 Å². The molecule has 2 aromatic rings. The predicted octanol–water partition coefficient (Wildman–Crippen LogP) is 3.93. The standard InChI is InChI=1S/C19H21NO2.C2HF3O2/c1-14-6-5-9-16(12-14)19(21)22-18-13-20-11-10-17(18)15-7-3-2-4-8-15;3-2(4,5)1(6)7/h2-9,12,17-18,20H,10-11,13H2,1H3;(H,6,7)/t17-,18+;/m1./s1. The lowest BCUT2D eigenvalue weighted by molar-refractivity contribution is -0.192. The van der Waals surface area contributed by atoms with E-state index in [2.05, 4.69) is 17.4 Å². The van der Waals surface area contributed by atoms with Crippen LogP contribution in [0.5, 0.6) is 0 Å². The van der Waals surface area contributed by atoms with Crippen molar-refractivity contribution in [2.75, 3.05) is 13.1 Å². The minimum Gasteiger partial charge on any atom is -0.475 e. The first-order valence-electron chi connectivity index (χ1n) is 9.02. The van der Waals surface area contributed by atoms with E-state index in [4.69, 9.17) is 14.6 Å². The van der Waals surface area contributed by atoms with E-state index in [1.807, 2.05) is 49.4 Å². The molecular weight excluding hydrogens is 387 g/mol. The number of aryl methyl sites for hydroxylation is 1. The summed E-state index contributed by atoms with van der Waals surface area (Å²) in [6.45, 7) is 3.64. The van der Waals surface area contributed by atoms with Gasteiger partial charge < -0.3 is 15.2 Å². The molecule has 0 bridgehead atoms. The molecule has 8 heteroatoms. The summed E-state index contributed by atoms with van der Waals surface area (Å²) in [5.41, 5.74) is 2.93. The maximum absolute atomic E-state index is 12.4. The molecular formula is C21H22F3NO4. The van der Waals surface area contributed by atoms with E-state index in [9.17, 15) is 18.0 Å². The number of hydrogen-bond acceptors (Lipinski definition) is 4. The number of carboxylic acid groups (broad SMARTS) is 1. The number of piperidine rings is 1. The molecule has 2 atom stereocenters. The van der Waals surface area contributed by atoms with Gasteiger partial charge in [0.05, 0.1) is 5.56 Å². The van der Waals surface area contributed by atoms with Crippen LogP contribution in [-0.2, 0) is 9.53 Å². The van der Waals surface area contributed by atoms with Gasteiger partial charge in [-0.2, -0.15) is 13.2 Å². The van der Waals surface area contributed by atoms with Crippen LogP contribution in [0, 0.1) is 6.92 Å². The lowest BCUT2D eigenvalue weighted by atomic mass is 9.88. The van der Waals surface area contributed by atoms with Gasteiger partial charge in [-0.25, -0.2) is 9.59 Å². The van der Waals surface area contributed by atoms with Gasteiger partial charge in [0.15, 0.2) is 0 Å². The number of esters is 1. The molecule has 29 heavy (non-hydrogen) atoms. The van der Waals surface area contributed by atoms with E-state index >= 15 is 0 Å². The highest BCUT2D eigenvalue weighted by Crippen LogP contribution is 2.28. The van der Waals surface area contributed by atoms with Crippen molar-refractivity contribution < 1.29 is 32.6 Å². The number of rotatable bonds is 3. The molecule has 1 aliphatic heterocycles. The molecule has 0 aliphatic carbocycles. The smallest absolute Gasteiger partial charge is 0.475 e. The molecule has 0 saturated carbocycles. The van der Waals surface area contributed by atoms with Crippen molar-refractivity contribution in [1.82, 2.24) is 5.32 Å². The van der Waals surface area contributed by atoms with Gasteiger partial charge in [0.1, 0.15) is 6.10 Å². The highest BCUT2D eigenvalue weighted by Gasteiger charge is 2.38. The average molecular weight is 409 g/mol. The molecule has 0 aromatic heterocycles. The normalized spacial score (nSPS) is 18.9. The van der Waals surface area contributed by atoms with Gasteiger partial charge in [-0.1, -0.05) is 48.0 Å². The molecule has 1 fully saturated rings. The number of alkyl halides is 3. The Morgan fingerprint density at radius 2 is 1.76 bits per heavy atom. The second-order valence-electron chi connectivity index (χ2n) is 6.63. The number of carboxylic acids is 1. The minimum atomic E-state index is -5.08. The number of halogens is 3. The second kappa shape index (κ2) is 10.1. The highest BCUT2D eigenvalue weighted by molar-refractivity contribution is 5.89. The summed E-state index contributed by atoms with van der Waals surface area (Å²) in [6, 6.07) is 17.9. The van der Waals surface area contributed by atoms with Crippen LogP contribution in [0.15, 0.2) is 54.6 Å². The molecule has 5 nitrogen and oxygen atoms in total. The molecule has 0 radical (unpaired) electrons. The Hall–Kier alpha value is -2.87. The van der Waals surface area contributed by atoms with Gasteiger partial charge in [-0.3, -0.25) is 0 Å². The van der Waals surface area contributed by atoms with Crippen LogP contribution in [-0.4, -0.2) is 42.4 Å². The first-order chi connectivity index (χ1) is 13.7. The average Bonchev–Trinajstić information content (AvgIpc) is 2.69.